The Bertz CT molecular complexity index is 332. The van der Waals surface area contributed by atoms with Crippen molar-refractivity contribution in [1.82, 2.24) is 10.0 Å². The second kappa shape index (κ2) is 5.67. The van der Waals surface area contributed by atoms with Crippen LogP contribution in [0.5, 0.6) is 0 Å². The van der Waals surface area contributed by atoms with E-state index in [0.29, 0.717) is 12.6 Å². The van der Waals surface area contributed by atoms with Gasteiger partial charge in [-0.2, -0.15) is 0 Å². The number of sulfonamides is 1. The summed E-state index contributed by atoms with van der Waals surface area (Å²) in [5.41, 5.74) is -0.313. The van der Waals surface area contributed by atoms with Gasteiger partial charge in [-0.3, -0.25) is 0 Å². The summed E-state index contributed by atoms with van der Waals surface area (Å²) in [6, 6.07) is 0.552. The van der Waals surface area contributed by atoms with Crippen molar-refractivity contribution in [1.29, 1.82) is 0 Å². The van der Waals surface area contributed by atoms with Crippen molar-refractivity contribution in [3.05, 3.63) is 0 Å². The predicted molar refractivity (Wildman–Crippen MR) is 71.5 cm³/mol. The zero-order chi connectivity index (χ0) is 13.1. The Balaban J connectivity index is 2.52. The topological polar surface area (TPSA) is 58.2 Å². The van der Waals surface area contributed by atoms with Gasteiger partial charge in [0.1, 0.15) is 0 Å². The summed E-state index contributed by atoms with van der Waals surface area (Å²) < 4.78 is 27.1. The normalized spacial score (nSPS) is 19.3. The first-order valence-electron chi connectivity index (χ1n) is 6.59. The third-order valence-corrected chi connectivity index (χ3v) is 5.75. The zero-order valence-electron chi connectivity index (χ0n) is 11.4. The Hall–Kier alpha value is -0.130. The molecule has 2 N–H and O–H groups in total. The summed E-state index contributed by atoms with van der Waals surface area (Å²) >= 11 is 0. The molecule has 0 aromatic heterocycles. The summed E-state index contributed by atoms with van der Waals surface area (Å²) in [6.07, 6.45) is 3.99. The molecular formula is C12H26N2O2S. The van der Waals surface area contributed by atoms with E-state index in [4.69, 9.17) is 0 Å². The summed E-state index contributed by atoms with van der Waals surface area (Å²) in [7, 11) is -3.22. The van der Waals surface area contributed by atoms with Gasteiger partial charge in [0, 0.05) is 18.1 Å². The fourth-order valence-electron chi connectivity index (χ4n) is 1.57. The molecular weight excluding hydrogens is 236 g/mol. The second-order valence-electron chi connectivity index (χ2n) is 5.41. The van der Waals surface area contributed by atoms with E-state index in [1.54, 1.807) is 6.92 Å². The molecule has 17 heavy (non-hydrogen) atoms. The minimum absolute atomic E-state index is 0.313. The van der Waals surface area contributed by atoms with Crippen LogP contribution in [0.4, 0.5) is 0 Å². The van der Waals surface area contributed by atoms with Crippen LogP contribution < -0.4 is 10.0 Å². The van der Waals surface area contributed by atoms with Gasteiger partial charge in [0.2, 0.25) is 10.0 Å². The zero-order valence-corrected chi connectivity index (χ0v) is 12.2. The lowest BCUT2D eigenvalue weighted by atomic mass is 9.98. The predicted octanol–water partition coefficient (Wildman–Crippen LogP) is 1.62. The summed E-state index contributed by atoms with van der Waals surface area (Å²) in [6.45, 7) is 8.30. The van der Waals surface area contributed by atoms with Crippen LogP contribution in [0.1, 0.15) is 53.4 Å². The largest absolute Gasteiger partial charge is 0.313 e. The fourth-order valence-corrected chi connectivity index (χ4v) is 3.06. The molecule has 1 atom stereocenters. The highest BCUT2D eigenvalue weighted by Gasteiger charge is 2.31. The van der Waals surface area contributed by atoms with Crippen LogP contribution in [0.2, 0.25) is 0 Å². The molecule has 1 saturated carbocycles. The maximum atomic E-state index is 12.1. The molecule has 0 aromatic rings. The molecule has 0 heterocycles. The van der Waals surface area contributed by atoms with Gasteiger partial charge in [0.05, 0.1) is 5.25 Å². The highest BCUT2D eigenvalue weighted by Crippen LogP contribution is 2.20. The first kappa shape index (κ1) is 14.9. The van der Waals surface area contributed by atoms with Crippen molar-refractivity contribution < 1.29 is 8.42 Å². The van der Waals surface area contributed by atoms with Crippen LogP contribution in [0.25, 0.3) is 0 Å². The van der Waals surface area contributed by atoms with E-state index in [2.05, 4.69) is 10.0 Å². The third-order valence-electron chi connectivity index (χ3n) is 3.75. The monoisotopic (exact) mass is 262 g/mol. The number of hydrogen-bond donors (Lipinski definition) is 2. The first-order valence-corrected chi connectivity index (χ1v) is 8.14. The lowest BCUT2D eigenvalue weighted by molar-refractivity contribution is 0.386. The fraction of sp³-hybridized carbons (Fsp3) is 1.00. The van der Waals surface area contributed by atoms with Crippen molar-refractivity contribution >= 4 is 10.0 Å². The van der Waals surface area contributed by atoms with Crippen molar-refractivity contribution in [2.75, 3.05) is 6.54 Å². The molecule has 1 unspecified atom stereocenters. The average Bonchev–Trinajstić information content (AvgIpc) is 3.08. The van der Waals surface area contributed by atoms with E-state index < -0.39 is 10.0 Å². The third kappa shape index (κ3) is 4.56. The van der Waals surface area contributed by atoms with Crippen LogP contribution >= 0.6 is 0 Å². The smallest absolute Gasteiger partial charge is 0.215 e. The molecule has 0 aromatic carbocycles. The molecule has 0 spiro atoms. The Morgan fingerprint density at radius 1 is 1.29 bits per heavy atom. The molecule has 1 aliphatic rings. The standard InChI is InChI=1S/C12H26N2O2S/c1-5-12(4,6-2)14-17(15,16)10(3)9-13-11-7-8-11/h10-11,13-14H,5-9H2,1-4H3. The highest BCUT2D eigenvalue weighted by molar-refractivity contribution is 7.90. The minimum atomic E-state index is -3.22. The van der Waals surface area contributed by atoms with Crippen LogP contribution in [-0.2, 0) is 10.0 Å². The maximum absolute atomic E-state index is 12.1. The lowest BCUT2D eigenvalue weighted by Crippen LogP contribution is -2.50. The van der Waals surface area contributed by atoms with Gasteiger partial charge in [-0.1, -0.05) is 13.8 Å². The quantitative estimate of drug-likeness (QED) is 0.699. The van der Waals surface area contributed by atoms with Gasteiger partial charge in [-0.15, -0.1) is 0 Å². The highest BCUT2D eigenvalue weighted by atomic mass is 32.2. The van der Waals surface area contributed by atoms with Crippen molar-refractivity contribution in [3.63, 3.8) is 0 Å². The molecule has 0 saturated heterocycles. The number of hydrogen-bond acceptors (Lipinski definition) is 3. The lowest BCUT2D eigenvalue weighted by Gasteiger charge is -2.29. The molecule has 102 valence electrons. The summed E-state index contributed by atoms with van der Waals surface area (Å²) in [5.74, 6) is 0. The Kier molecular flexibility index (Phi) is 4.98. The van der Waals surface area contributed by atoms with Gasteiger partial charge in [0.25, 0.3) is 0 Å². The van der Waals surface area contributed by atoms with Gasteiger partial charge in [-0.25, -0.2) is 13.1 Å². The number of nitrogens with one attached hydrogen (secondary N) is 2. The Morgan fingerprint density at radius 3 is 2.24 bits per heavy atom. The van der Waals surface area contributed by atoms with E-state index in [0.717, 1.165) is 12.8 Å². The average molecular weight is 262 g/mol. The van der Waals surface area contributed by atoms with Crippen LogP contribution in [-0.4, -0.2) is 31.8 Å². The molecule has 5 heteroatoms. The maximum Gasteiger partial charge on any atom is 0.215 e. The molecule has 4 nitrogen and oxygen atoms in total. The molecule has 0 amide bonds. The number of rotatable bonds is 8. The summed E-state index contributed by atoms with van der Waals surface area (Å²) in [5, 5.41) is 2.89. The van der Waals surface area contributed by atoms with Gasteiger partial charge in [-0.05, 0) is 39.5 Å². The van der Waals surface area contributed by atoms with E-state index >= 15 is 0 Å². The van der Waals surface area contributed by atoms with Crippen LogP contribution in [0.3, 0.4) is 0 Å². The van der Waals surface area contributed by atoms with E-state index in [1.165, 1.54) is 12.8 Å². The van der Waals surface area contributed by atoms with E-state index in [1.807, 2.05) is 20.8 Å². The Labute approximate surface area is 106 Å². The first-order chi connectivity index (χ1) is 7.83. The van der Waals surface area contributed by atoms with Gasteiger partial charge >= 0.3 is 0 Å². The molecule has 0 aliphatic heterocycles. The summed E-state index contributed by atoms with van der Waals surface area (Å²) in [4.78, 5) is 0. The molecule has 0 bridgehead atoms. The molecule has 1 rings (SSSR count). The van der Waals surface area contributed by atoms with Crippen molar-refractivity contribution in [2.24, 2.45) is 0 Å². The van der Waals surface area contributed by atoms with Crippen LogP contribution in [0, 0.1) is 0 Å². The Morgan fingerprint density at radius 2 is 1.82 bits per heavy atom. The molecule has 1 fully saturated rings. The van der Waals surface area contributed by atoms with Gasteiger partial charge < -0.3 is 5.32 Å². The van der Waals surface area contributed by atoms with Crippen LogP contribution in [0.15, 0.2) is 0 Å². The minimum Gasteiger partial charge on any atom is -0.313 e. The van der Waals surface area contributed by atoms with Crippen molar-refractivity contribution in [2.45, 2.75) is 70.2 Å². The van der Waals surface area contributed by atoms with Gasteiger partial charge in [0.15, 0.2) is 0 Å². The van der Waals surface area contributed by atoms with E-state index in [-0.39, 0.29) is 10.8 Å². The van der Waals surface area contributed by atoms with Crippen molar-refractivity contribution in [3.8, 4) is 0 Å². The second-order valence-corrected chi connectivity index (χ2v) is 7.51. The SMILES string of the molecule is CCC(C)(CC)NS(=O)(=O)C(C)CNC1CC1. The van der Waals surface area contributed by atoms with E-state index in [9.17, 15) is 8.42 Å². The molecule has 0 radical (unpaired) electrons. The molecule has 1 aliphatic carbocycles.